The Hall–Kier alpha value is -0.0400. The van der Waals surface area contributed by atoms with Gasteiger partial charge in [-0.2, -0.15) is 0 Å². The second-order valence-corrected chi connectivity index (χ2v) is 4.42. The number of hydrogen-bond acceptors (Lipinski definition) is 1. The Labute approximate surface area is 69.6 Å². The maximum Gasteiger partial charge on any atom is 0.00413 e. The van der Waals surface area contributed by atoms with Gasteiger partial charge in [0.1, 0.15) is 0 Å². The van der Waals surface area contributed by atoms with Gasteiger partial charge in [0, 0.05) is 6.04 Å². The van der Waals surface area contributed by atoms with Crippen LogP contribution in [0.5, 0.6) is 0 Å². The Kier molecular flexibility index (Phi) is 2.17. The molecule has 1 heteroatoms. The quantitative estimate of drug-likeness (QED) is 0.641. The first-order chi connectivity index (χ1) is 5.34. The van der Waals surface area contributed by atoms with Gasteiger partial charge in [-0.1, -0.05) is 12.8 Å². The van der Waals surface area contributed by atoms with E-state index < -0.39 is 0 Å². The van der Waals surface area contributed by atoms with Crippen LogP contribution < -0.4 is 5.32 Å². The lowest BCUT2D eigenvalue weighted by Gasteiger charge is -2.27. The van der Waals surface area contributed by atoms with Crippen molar-refractivity contribution in [2.24, 2.45) is 11.8 Å². The van der Waals surface area contributed by atoms with E-state index in [1.165, 1.54) is 38.6 Å². The first-order valence-electron chi connectivity index (χ1n) is 5.08. The normalized spacial score (nSPS) is 39.0. The van der Waals surface area contributed by atoms with Crippen molar-refractivity contribution in [3.05, 3.63) is 0 Å². The summed E-state index contributed by atoms with van der Waals surface area (Å²) in [6.45, 7) is 3.58. The molecule has 11 heavy (non-hydrogen) atoms. The summed E-state index contributed by atoms with van der Waals surface area (Å²) in [5, 5.41) is 3.51. The number of piperidine rings is 1. The summed E-state index contributed by atoms with van der Waals surface area (Å²) < 4.78 is 0. The molecule has 2 atom stereocenters. The van der Waals surface area contributed by atoms with Crippen molar-refractivity contribution in [3.63, 3.8) is 0 Å². The van der Waals surface area contributed by atoms with Gasteiger partial charge in [0.2, 0.25) is 0 Å². The summed E-state index contributed by atoms with van der Waals surface area (Å²) >= 11 is 0. The van der Waals surface area contributed by atoms with Gasteiger partial charge in [-0.25, -0.2) is 0 Å². The minimum Gasteiger partial charge on any atom is -0.314 e. The fourth-order valence-electron chi connectivity index (χ4n) is 2.27. The number of hydrogen-bond donors (Lipinski definition) is 1. The highest BCUT2D eigenvalue weighted by Gasteiger charge is 2.27. The predicted molar refractivity (Wildman–Crippen MR) is 47.5 cm³/mol. The van der Waals surface area contributed by atoms with E-state index in [1.54, 1.807) is 0 Å². The van der Waals surface area contributed by atoms with Crippen LogP contribution in [0.3, 0.4) is 0 Å². The molecule has 64 valence electrons. The van der Waals surface area contributed by atoms with Crippen LogP contribution in [0.15, 0.2) is 0 Å². The zero-order valence-corrected chi connectivity index (χ0v) is 7.47. The fourth-order valence-corrected chi connectivity index (χ4v) is 2.27. The average Bonchev–Trinajstić information content (AvgIpc) is 2.71. The van der Waals surface area contributed by atoms with Gasteiger partial charge >= 0.3 is 0 Å². The molecule has 0 spiro atoms. The lowest BCUT2D eigenvalue weighted by molar-refractivity contribution is 0.290. The zero-order valence-electron chi connectivity index (χ0n) is 7.47. The molecular weight excluding hydrogens is 134 g/mol. The highest BCUT2D eigenvalue weighted by atomic mass is 14.9. The van der Waals surface area contributed by atoms with Crippen LogP contribution in [0.2, 0.25) is 0 Å². The maximum absolute atomic E-state index is 3.51. The first-order valence-corrected chi connectivity index (χ1v) is 5.08. The monoisotopic (exact) mass is 153 g/mol. The summed E-state index contributed by atoms with van der Waals surface area (Å²) in [7, 11) is 0. The highest BCUT2D eigenvalue weighted by Crippen LogP contribution is 2.38. The third-order valence-electron chi connectivity index (χ3n) is 3.10. The molecule has 0 aromatic heterocycles. The first kappa shape index (κ1) is 7.60. The minimum atomic E-state index is 0.785. The topological polar surface area (TPSA) is 12.0 Å². The third kappa shape index (κ3) is 2.19. The predicted octanol–water partition coefficient (Wildman–Crippen LogP) is 2.17. The Morgan fingerprint density at radius 3 is 2.64 bits per heavy atom. The second kappa shape index (κ2) is 3.14. The van der Waals surface area contributed by atoms with E-state index in [0.29, 0.717) is 0 Å². The SMILES string of the molecule is CC1CC(CC2CC2)CCN1. The zero-order chi connectivity index (χ0) is 7.68. The van der Waals surface area contributed by atoms with Crippen LogP contribution in [0, 0.1) is 11.8 Å². The van der Waals surface area contributed by atoms with E-state index in [1.807, 2.05) is 0 Å². The van der Waals surface area contributed by atoms with E-state index in [4.69, 9.17) is 0 Å². The molecule has 0 amide bonds. The molecule has 1 nitrogen and oxygen atoms in total. The van der Waals surface area contributed by atoms with Crippen LogP contribution in [-0.4, -0.2) is 12.6 Å². The molecule has 0 radical (unpaired) electrons. The smallest absolute Gasteiger partial charge is 0.00413 e. The molecule has 1 saturated carbocycles. The molecule has 2 unspecified atom stereocenters. The van der Waals surface area contributed by atoms with Gasteiger partial charge in [0.25, 0.3) is 0 Å². The number of rotatable bonds is 2. The lowest BCUT2D eigenvalue weighted by Crippen LogP contribution is -2.35. The van der Waals surface area contributed by atoms with Gasteiger partial charge in [0.15, 0.2) is 0 Å². The summed E-state index contributed by atoms with van der Waals surface area (Å²) in [4.78, 5) is 0. The van der Waals surface area contributed by atoms with Crippen LogP contribution in [0.25, 0.3) is 0 Å². The average molecular weight is 153 g/mol. The highest BCUT2D eigenvalue weighted by molar-refractivity contribution is 4.81. The van der Waals surface area contributed by atoms with E-state index in [0.717, 1.165) is 17.9 Å². The molecule has 0 aromatic carbocycles. The molecular formula is C10H19N. The van der Waals surface area contributed by atoms with Crippen molar-refractivity contribution in [2.75, 3.05) is 6.54 Å². The maximum atomic E-state index is 3.51. The molecule has 1 aliphatic heterocycles. The third-order valence-corrected chi connectivity index (χ3v) is 3.10. The van der Waals surface area contributed by atoms with Crippen molar-refractivity contribution in [1.82, 2.24) is 5.32 Å². The molecule has 0 bridgehead atoms. The molecule has 2 rings (SSSR count). The molecule has 1 saturated heterocycles. The molecule has 1 heterocycles. The van der Waals surface area contributed by atoms with Crippen LogP contribution in [0.4, 0.5) is 0 Å². The van der Waals surface area contributed by atoms with E-state index in [9.17, 15) is 0 Å². The standard InChI is InChI=1S/C10H19N/c1-8-6-10(4-5-11-8)7-9-2-3-9/h8-11H,2-7H2,1H3. The largest absolute Gasteiger partial charge is 0.314 e. The van der Waals surface area contributed by atoms with Gasteiger partial charge in [-0.3, -0.25) is 0 Å². The van der Waals surface area contributed by atoms with Crippen molar-refractivity contribution < 1.29 is 0 Å². The summed E-state index contributed by atoms with van der Waals surface area (Å²) in [6, 6.07) is 0.785. The van der Waals surface area contributed by atoms with Gasteiger partial charge < -0.3 is 5.32 Å². The Morgan fingerprint density at radius 1 is 1.18 bits per heavy atom. The van der Waals surface area contributed by atoms with Crippen LogP contribution in [0.1, 0.15) is 39.0 Å². The van der Waals surface area contributed by atoms with E-state index in [-0.39, 0.29) is 0 Å². The van der Waals surface area contributed by atoms with Crippen LogP contribution >= 0.6 is 0 Å². The molecule has 1 N–H and O–H groups in total. The lowest BCUT2D eigenvalue weighted by atomic mass is 9.89. The van der Waals surface area contributed by atoms with Gasteiger partial charge in [0.05, 0.1) is 0 Å². The molecule has 2 fully saturated rings. The Balaban J connectivity index is 1.73. The summed E-state index contributed by atoms with van der Waals surface area (Å²) in [5.74, 6) is 2.18. The van der Waals surface area contributed by atoms with E-state index in [2.05, 4.69) is 12.2 Å². The van der Waals surface area contributed by atoms with Gasteiger partial charge in [-0.15, -0.1) is 0 Å². The molecule has 2 aliphatic rings. The Bertz CT molecular complexity index is 127. The van der Waals surface area contributed by atoms with Crippen LogP contribution in [-0.2, 0) is 0 Å². The molecule has 1 aliphatic carbocycles. The van der Waals surface area contributed by atoms with Crippen molar-refractivity contribution >= 4 is 0 Å². The van der Waals surface area contributed by atoms with Crippen molar-refractivity contribution in [1.29, 1.82) is 0 Å². The summed E-state index contributed by atoms with van der Waals surface area (Å²) in [5.41, 5.74) is 0. The Morgan fingerprint density at radius 2 is 2.00 bits per heavy atom. The number of nitrogens with one attached hydrogen (secondary N) is 1. The second-order valence-electron chi connectivity index (χ2n) is 4.42. The fraction of sp³-hybridized carbons (Fsp3) is 1.00. The van der Waals surface area contributed by atoms with Crippen molar-refractivity contribution in [2.45, 2.75) is 45.1 Å². The van der Waals surface area contributed by atoms with E-state index >= 15 is 0 Å². The molecule has 0 aromatic rings. The van der Waals surface area contributed by atoms with Crippen molar-refractivity contribution in [3.8, 4) is 0 Å². The summed E-state index contributed by atoms with van der Waals surface area (Å²) in [6.07, 6.45) is 7.44. The van der Waals surface area contributed by atoms with Gasteiger partial charge in [-0.05, 0) is 44.6 Å². The minimum absolute atomic E-state index is 0.785.